The van der Waals surface area contributed by atoms with Crippen molar-refractivity contribution in [2.75, 3.05) is 48.6 Å². The zero-order valence-electron chi connectivity index (χ0n) is 21.0. The number of ether oxygens (including phenoxy) is 4. The van der Waals surface area contributed by atoms with Crippen LogP contribution in [0.1, 0.15) is 30.0 Å². The maximum absolute atomic E-state index is 11.4. The van der Waals surface area contributed by atoms with Crippen LogP contribution in [-0.4, -0.2) is 59.4 Å². The smallest absolute Gasteiger partial charge is 0.228 e. The van der Waals surface area contributed by atoms with Gasteiger partial charge in [0.1, 0.15) is 0 Å². The maximum Gasteiger partial charge on any atom is 0.228 e. The summed E-state index contributed by atoms with van der Waals surface area (Å²) in [6, 6.07) is 9.82. The van der Waals surface area contributed by atoms with Crippen molar-refractivity contribution in [3.8, 4) is 23.0 Å². The topological polar surface area (TPSA) is 69.3 Å². The van der Waals surface area contributed by atoms with Gasteiger partial charge in [-0.05, 0) is 73.5 Å². The Kier molecular flexibility index (Phi) is 12.9. The molecule has 34 heavy (non-hydrogen) atoms. The van der Waals surface area contributed by atoms with Gasteiger partial charge in [0.25, 0.3) is 0 Å². The molecule has 0 fully saturated rings. The number of nitrogens with zero attached hydrogens (tertiary/aromatic N) is 1. The summed E-state index contributed by atoms with van der Waals surface area (Å²) >= 11 is 0. The number of methoxy groups -OCH3 is 4. The monoisotopic (exact) mass is 492 g/mol. The molecule has 0 radical (unpaired) electrons. The summed E-state index contributed by atoms with van der Waals surface area (Å²) in [5.74, 6) is 2.88. The predicted octanol–water partition coefficient (Wildman–Crippen LogP) is 4.36. The van der Waals surface area contributed by atoms with E-state index in [9.17, 15) is 4.79 Å². The van der Waals surface area contributed by atoms with E-state index in [-0.39, 0.29) is 18.3 Å². The molecule has 2 aromatic rings. The molecule has 0 atom stereocenters. The highest BCUT2D eigenvalue weighted by molar-refractivity contribution is 5.85. The number of fused-ring (bicyclic) bond motifs is 1. The van der Waals surface area contributed by atoms with Crippen molar-refractivity contribution < 1.29 is 23.7 Å². The molecule has 7 nitrogen and oxygen atoms in total. The van der Waals surface area contributed by atoms with E-state index in [1.165, 1.54) is 12.0 Å². The lowest BCUT2D eigenvalue weighted by atomic mass is 10.0. The lowest BCUT2D eigenvalue weighted by Crippen LogP contribution is -2.21. The first-order valence-electron chi connectivity index (χ1n) is 11.1. The van der Waals surface area contributed by atoms with Crippen LogP contribution in [0.5, 0.6) is 23.0 Å². The minimum atomic E-state index is -0.0257. The van der Waals surface area contributed by atoms with E-state index >= 15 is 0 Å². The molecular formula is C26H37ClN2O5. The Balaban J connectivity index is 0.000000331. The van der Waals surface area contributed by atoms with Gasteiger partial charge >= 0.3 is 0 Å². The number of carbonyl (C=O) groups excluding carboxylic acids is 1. The van der Waals surface area contributed by atoms with Crippen LogP contribution in [0, 0.1) is 0 Å². The third kappa shape index (κ3) is 8.47. The SMILES string of the molecule is CCCN(C)CCc1ccc(OC)c(OC)c1.COc1cc2c(cc1OC)CC(=O)NC=C2.Cl. The van der Waals surface area contributed by atoms with Crippen LogP contribution in [0.3, 0.4) is 0 Å². The van der Waals surface area contributed by atoms with Gasteiger partial charge in [-0.25, -0.2) is 0 Å². The predicted molar refractivity (Wildman–Crippen MR) is 139 cm³/mol. The van der Waals surface area contributed by atoms with Crippen molar-refractivity contribution in [3.63, 3.8) is 0 Å². The highest BCUT2D eigenvalue weighted by Gasteiger charge is 2.14. The fourth-order valence-electron chi connectivity index (χ4n) is 3.54. The van der Waals surface area contributed by atoms with Crippen molar-refractivity contribution in [2.45, 2.75) is 26.2 Å². The fourth-order valence-corrected chi connectivity index (χ4v) is 3.54. The van der Waals surface area contributed by atoms with E-state index in [0.717, 1.165) is 42.1 Å². The van der Waals surface area contributed by atoms with Gasteiger partial charge in [0.05, 0.1) is 34.9 Å². The summed E-state index contributed by atoms with van der Waals surface area (Å²) in [5.41, 5.74) is 3.19. The van der Waals surface area contributed by atoms with Crippen LogP contribution in [0.25, 0.3) is 6.08 Å². The van der Waals surface area contributed by atoms with E-state index < -0.39 is 0 Å². The first-order chi connectivity index (χ1) is 15.9. The largest absolute Gasteiger partial charge is 0.493 e. The van der Waals surface area contributed by atoms with Crippen LogP contribution in [0.4, 0.5) is 0 Å². The summed E-state index contributed by atoms with van der Waals surface area (Å²) < 4.78 is 20.9. The van der Waals surface area contributed by atoms with Gasteiger partial charge in [-0.15, -0.1) is 12.4 Å². The first kappa shape index (κ1) is 29.1. The van der Waals surface area contributed by atoms with E-state index in [0.29, 0.717) is 17.9 Å². The maximum atomic E-state index is 11.4. The summed E-state index contributed by atoms with van der Waals surface area (Å²) in [6.45, 7) is 4.42. The van der Waals surface area contributed by atoms with Gasteiger partial charge in [0.15, 0.2) is 23.0 Å². The summed E-state index contributed by atoms with van der Waals surface area (Å²) in [7, 11) is 8.66. The van der Waals surface area contributed by atoms with Crippen molar-refractivity contribution >= 4 is 24.4 Å². The number of hydrogen-bond acceptors (Lipinski definition) is 6. The highest BCUT2D eigenvalue weighted by Crippen LogP contribution is 2.32. The summed E-state index contributed by atoms with van der Waals surface area (Å²) in [4.78, 5) is 13.7. The highest BCUT2D eigenvalue weighted by atomic mass is 35.5. The van der Waals surface area contributed by atoms with Crippen LogP contribution < -0.4 is 24.3 Å². The number of amides is 1. The summed E-state index contributed by atoms with van der Waals surface area (Å²) in [5, 5.41) is 2.67. The molecule has 1 aliphatic heterocycles. The van der Waals surface area contributed by atoms with E-state index in [4.69, 9.17) is 18.9 Å². The molecule has 188 valence electrons. The third-order valence-corrected chi connectivity index (χ3v) is 5.34. The van der Waals surface area contributed by atoms with Crippen molar-refractivity contribution in [2.24, 2.45) is 0 Å². The molecule has 0 aliphatic carbocycles. The second-order valence-corrected chi connectivity index (χ2v) is 7.73. The van der Waals surface area contributed by atoms with Gasteiger partial charge in [0.2, 0.25) is 5.91 Å². The average molecular weight is 493 g/mol. The minimum Gasteiger partial charge on any atom is -0.493 e. The number of carbonyl (C=O) groups is 1. The molecule has 0 unspecified atom stereocenters. The molecule has 1 N–H and O–H groups in total. The quantitative estimate of drug-likeness (QED) is 0.561. The van der Waals surface area contributed by atoms with Gasteiger partial charge in [-0.3, -0.25) is 4.79 Å². The van der Waals surface area contributed by atoms with Crippen LogP contribution in [0.15, 0.2) is 36.5 Å². The number of halogens is 1. The van der Waals surface area contributed by atoms with Crippen molar-refractivity contribution in [3.05, 3.63) is 53.2 Å². The van der Waals surface area contributed by atoms with Crippen LogP contribution in [0.2, 0.25) is 0 Å². The van der Waals surface area contributed by atoms with Gasteiger partial charge in [-0.2, -0.15) is 0 Å². The molecule has 3 rings (SSSR count). The van der Waals surface area contributed by atoms with E-state index in [1.54, 1.807) is 34.6 Å². The van der Waals surface area contributed by atoms with Crippen LogP contribution >= 0.6 is 12.4 Å². The molecule has 0 saturated carbocycles. The van der Waals surface area contributed by atoms with Gasteiger partial charge in [-0.1, -0.05) is 13.0 Å². The third-order valence-electron chi connectivity index (χ3n) is 5.34. The standard InChI is InChI=1S/C14H23NO2.C12H13NO3.ClH/c1-5-9-15(2)10-8-12-6-7-13(16-3)14(11-12)17-4;1-15-10-5-8-3-4-13-12(14)7-9(8)6-11(10)16-2;/h6-7,11H,5,8-10H2,1-4H3;3-6H,7H2,1-2H3,(H,13,14);1H. The summed E-state index contributed by atoms with van der Waals surface area (Å²) in [6.07, 6.45) is 6.07. The molecular weight excluding hydrogens is 456 g/mol. The fraction of sp³-hybridized carbons (Fsp3) is 0.423. The second-order valence-electron chi connectivity index (χ2n) is 7.73. The Morgan fingerprint density at radius 2 is 1.50 bits per heavy atom. The lowest BCUT2D eigenvalue weighted by molar-refractivity contribution is -0.119. The Hall–Kier alpha value is -2.90. The normalized spacial score (nSPS) is 11.8. The molecule has 0 saturated heterocycles. The van der Waals surface area contributed by atoms with Crippen molar-refractivity contribution in [1.82, 2.24) is 10.2 Å². The minimum absolute atomic E-state index is 0. The van der Waals surface area contributed by atoms with Gasteiger partial charge in [0, 0.05) is 12.7 Å². The number of benzene rings is 2. The zero-order valence-corrected chi connectivity index (χ0v) is 21.8. The lowest BCUT2D eigenvalue weighted by Gasteiger charge is -2.16. The Bertz CT molecular complexity index is 949. The first-order valence-corrected chi connectivity index (χ1v) is 11.1. The number of nitrogens with one attached hydrogen (secondary N) is 1. The molecule has 8 heteroatoms. The van der Waals surface area contributed by atoms with Crippen LogP contribution in [-0.2, 0) is 17.6 Å². The number of hydrogen-bond donors (Lipinski definition) is 1. The Morgan fingerprint density at radius 3 is 2.12 bits per heavy atom. The number of likely N-dealkylation sites (N-methyl/N-ethyl adjacent to an activating group) is 1. The van der Waals surface area contributed by atoms with E-state index in [1.807, 2.05) is 24.3 Å². The zero-order chi connectivity index (χ0) is 24.2. The van der Waals surface area contributed by atoms with Crippen molar-refractivity contribution in [1.29, 1.82) is 0 Å². The molecule has 0 bridgehead atoms. The molecule has 0 aromatic heterocycles. The molecule has 1 aliphatic rings. The molecule has 1 amide bonds. The number of rotatable bonds is 9. The molecule has 2 aromatic carbocycles. The Labute approximate surface area is 209 Å². The average Bonchev–Trinajstić information content (AvgIpc) is 3.01. The second kappa shape index (κ2) is 15.1. The molecule has 0 spiro atoms. The Morgan fingerprint density at radius 1 is 0.882 bits per heavy atom. The molecule has 1 heterocycles. The van der Waals surface area contributed by atoms with Gasteiger partial charge < -0.3 is 29.2 Å². The van der Waals surface area contributed by atoms with E-state index in [2.05, 4.69) is 36.3 Å².